The maximum absolute atomic E-state index is 11.7. The average Bonchev–Trinajstić information content (AvgIpc) is 2.53. The number of carbonyl (C=O) groups is 3. The van der Waals surface area contributed by atoms with E-state index in [1.54, 1.807) is 0 Å². The lowest BCUT2D eigenvalue weighted by Gasteiger charge is -2.15. The summed E-state index contributed by atoms with van der Waals surface area (Å²) in [7, 11) is 0. The Kier molecular flexibility index (Phi) is 2.47. The summed E-state index contributed by atoms with van der Waals surface area (Å²) in [4.78, 5) is 38.8. The third-order valence-corrected chi connectivity index (χ3v) is 2.37. The summed E-state index contributed by atoms with van der Waals surface area (Å²) in [6, 6.07) is 1.24. The predicted octanol–water partition coefficient (Wildman–Crippen LogP) is 0.599. The van der Waals surface area contributed by atoms with Crippen LogP contribution in [0.1, 0.15) is 17.3 Å². The Morgan fingerprint density at radius 3 is 2.65 bits per heavy atom. The molecule has 0 aliphatic carbocycles. The number of hydrogen-bond acceptors (Lipinski definition) is 4. The monoisotopic (exact) mass is 232 g/mol. The fourth-order valence-electron chi connectivity index (χ4n) is 1.56. The highest BCUT2D eigenvalue weighted by Gasteiger charge is 2.32. The molecule has 1 aromatic heterocycles. The Morgan fingerprint density at radius 1 is 1.41 bits per heavy atom. The van der Waals surface area contributed by atoms with Crippen LogP contribution in [0.5, 0.6) is 0 Å². The molecule has 0 saturated heterocycles. The van der Waals surface area contributed by atoms with Crippen LogP contribution in [0.2, 0.25) is 0 Å². The SMILES string of the molecule is CC1=CC(=O)N(c2cnccc2C(=O)O)C1=O. The van der Waals surface area contributed by atoms with Crippen LogP contribution < -0.4 is 4.90 Å². The van der Waals surface area contributed by atoms with Gasteiger partial charge in [-0.2, -0.15) is 0 Å². The van der Waals surface area contributed by atoms with Crippen LogP contribution in [0, 0.1) is 0 Å². The van der Waals surface area contributed by atoms with Crippen molar-refractivity contribution in [1.82, 2.24) is 4.98 Å². The second-order valence-electron chi connectivity index (χ2n) is 3.50. The van der Waals surface area contributed by atoms with Gasteiger partial charge in [0, 0.05) is 17.8 Å². The highest BCUT2D eigenvalue weighted by atomic mass is 16.4. The van der Waals surface area contributed by atoms with E-state index in [2.05, 4.69) is 4.98 Å². The molecule has 17 heavy (non-hydrogen) atoms. The molecule has 0 bridgehead atoms. The Bertz CT molecular complexity index is 562. The van der Waals surface area contributed by atoms with Crippen molar-refractivity contribution in [3.63, 3.8) is 0 Å². The van der Waals surface area contributed by atoms with Gasteiger partial charge in [0.05, 0.1) is 17.4 Å². The minimum absolute atomic E-state index is 0.0110. The van der Waals surface area contributed by atoms with Gasteiger partial charge >= 0.3 is 5.97 Å². The molecule has 0 saturated carbocycles. The number of carbonyl (C=O) groups excluding carboxylic acids is 2. The third-order valence-electron chi connectivity index (χ3n) is 2.37. The fourth-order valence-corrected chi connectivity index (χ4v) is 1.56. The van der Waals surface area contributed by atoms with Crippen molar-refractivity contribution < 1.29 is 19.5 Å². The van der Waals surface area contributed by atoms with Gasteiger partial charge < -0.3 is 5.11 Å². The van der Waals surface area contributed by atoms with Gasteiger partial charge in [-0.05, 0) is 13.0 Å². The van der Waals surface area contributed by atoms with E-state index in [0.29, 0.717) is 0 Å². The number of pyridine rings is 1. The van der Waals surface area contributed by atoms with E-state index in [0.717, 1.165) is 4.90 Å². The van der Waals surface area contributed by atoms with Crippen molar-refractivity contribution in [3.8, 4) is 0 Å². The van der Waals surface area contributed by atoms with Gasteiger partial charge in [0.15, 0.2) is 0 Å². The molecule has 0 spiro atoms. The molecule has 2 rings (SSSR count). The zero-order valence-electron chi connectivity index (χ0n) is 8.88. The number of anilines is 1. The summed E-state index contributed by atoms with van der Waals surface area (Å²) in [6.45, 7) is 1.50. The summed E-state index contributed by atoms with van der Waals surface area (Å²) < 4.78 is 0. The number of hydrogen-bond donors (Lipinski definition) is 1. The van der Waals surface area contributed by atoms with Crippen molar-refractivity contribution in [2.24, 2.45) is 0 Å². The Balaban J connectivity index is 2.53. The van der Waals surface area contributed by atoms with Crippen LogP contribution in [0.25, 0.3) is 0 Å². The van der Waals surface area contributed by atoms with Crippen molar-refractivity contribution in [3.05, 3.63) is 35.7 Å². The molecule has 0 radical (unpaired) electrons. The molecular weight excluding hydrogens is 224 g/mol. The normalized spacial score (nSPS) is 15.1. The molecule has 1 aliphatic heterocycles. The van der Waals surface area contributed by atoms with Crippen LogP contribution >= 0.6 is 0 Å². The van der Waals surface area contributed by atoms with Gasteiger partial charge in [-0.3, -0.25) is 14.6 Å². The van der Waals surface area contributed by atoms with Gasteiger partial charge in [0.2, 0.25) is 0 Å². The average molecular weight is 232 g/mol. The molecular formula is C11H8N2O4. The summed E-state index contributed by atoms with van der Waals surface area (Å²) >= 11 is 0. The second-order valence-corrected chi connectivity index (χ2v) is 3.50. The fraction of sp³-hybridized carbons (Fsp3) is 0.0909. The van der Waals surface area contributed by atoms with E-state index in [1.807, 2.05) is 0 Å². The number of amides is 2. The van der Waals surface area contributed by atoms with Gasteiger partial charge in [-0.1, -0.05) is 0 Å². The predicted molar refractivity (Wildman–Crippen MR) is 57.4 cm³/mol. The van der Waals surface area contributed by atoms with E-state index in [1.165, 1.54) is 31.5 Å². The van der Waals surface area contributed by atoms with Crippen molar-refractivity contribution in [1.29, 1.82) is 0 Å². The first-order chi connectivity index (χ1) is 8.02. The summed E-state index contributed by atoms with van der Waals surface area (Å²) in [5.74, 6) is -2.29. The number of carboxylic acid groups (broad SMARTS) is 1. The second kappa shape index (κ2) is 3.82. The minimum atomic E-state index is -1.22. The zero-order chi connectivity index (χ0) is 12.6. The molecule has 0 atom stereocenters. The molecule has 1 aromatic rings. The first-order valence-electron chi connectivity index (χ1n) is 4.76. The molecule has 86 valence electrons. The van der Waals surface area contributed by atoms with E-state index < -0.39 is 17.8 Å². The van der Waals surface area contributed by atoms with Crippen molar-refractivity contribution in [2.75, 3.05) is 4.90 Å². The smallest absolute Gasteiger partial charge is 0.337 e. The first-order valence-corrected chi connectivity index (χ1v) is 4.76. The zero-order valence-corrected chi connectivity index (χ0v) is 8.88. The third kappa shape index (κ3) is 1.69. The van der Waals surface area contributed by atoms with Crippen molar-refractivity contribution >= 4 is 23.5 Å². The highest BCUT2D eigenvalue weighted by molar-refractivity contribution is 6.31. The van der Waals surface area contributed by atoms with Gasteiger partial charge in [0.1, 0.15) is 0 Å². The van der Waals surface area contributed by atoms with Crippen LogP contribution in [-0.2, 0) is 9.59 Å². The molecule has 6 nitrogen and oxygen atoms in total. The number of aromatic carboxylic acids is 1. The van der Waals surface area contributed by atoms with Crippen LogP contribution in [-0.4, -0.2) is 27.9 Å². The van der Waals surface area contributed by atoms with E-state index in [9.17, 15) is 14.4 Å². The topological polar surface area (TPSA) is 87.6 Å². The van der Waals surface area contributed by atoms with Crippen LogP contribution in [0.4, 0.5) is 5.69 Å². The lowest BCUT2D eigenvalue weighted by Crippen LogP contribution is -2.32. The van der Waals surface area contributed by atoms with Gasteiger partial charge in [-0.25, -0.2) is 9.69 Å². The quantitative estimate of drug-likeness (QED) is 0.754. The Labute approximate surface area is 96.2 Å². The number of aromatic nitrogens is 1. The molecule has 6 heteroatoms. The maximum atomic E-state index is 11.7. The highest BCUT2D eigenvalue weighted by Crippen LogP contribution is 2.25. The molecule has 0 aromatic carbocycles. The maximum Gasteiger partial charge on any atom is 0.337 e. The number of rotatable bonds is 2. The van der Waals surface area contributed by atoms with Gasteiger partial charge in [-0.15, -0.1) is 0 Å². The van der Waals surface area contributed by atoms with Crippen LogP contribution in [0.15, 0.2) is 30.1 Å². The van der Waals surface area contributed by atoms with E-state index >= 15 is 0 Å². The summed E-state index contributed by atoms with van der Waals surface area (Å²) in [5, 5.41) is 8.97. The molecule has 2 heterocycles. The molecule has 1 N–H and O–H groups in total. The number of carboxylic acids is 1. The summed E-state index contributed by atoms with van der Waals surface area (Å²) in [5.41, 5.74) is 0.128. The summed E-state index contributed by atoms with van der Waals surface area (Å²) in [6.07, 6.45) is 3.64. The van der Waals surface area contributed by atoms with E-state index in [-0.39, 0.29) is 16.8 Å². The number of imide groups is 1. The Hall–Kier alpha value is -2.50. The molecule has 2 amide bonds. The molecule has 0 unspecified atom stereocenters. The van der Waals surface area contributed by atoms with Crippen molar-refractivity contribution in [2.45, 2.75) is 6.92 Å². The van der Waals surface area contributed by atoms with E-state index in [4.69, 9.17) is 5.11 Å². The Morgan fingerprint density at radius 2 is 2.12 bits per heavy atom. The lowest BCUT2D eigenvalue weighted by molar-refractivity contribution is -0.120. The first kappa shape index (κ1) is 11.0. The standard InChI is InChI=1S/C11H8N2O4/c1-6-4-9(14)13(10(6)15)8-5-12-3-2-7(8)11(16)17/h2-5H,1H3,(H,16,17). The largest absolute Gasteiger partial charge is 0.478 e. The molecule has 1 aliphatic rings. The number of nitrogens with zero attached hydrogens (tertiary/aromatic N) is 2. The molecule has 0 fully saturated rings. The lowest BCUT2D eigenvalue weighted by atomic mass is 10.2. The van der Waals surface area contributed by atoms with Gasteiger partial charge in [0.25, 0.3) is 11.8 Å². The minimum Gasteiger partial charge on any atom is -0.478 e. The van der Waals surface area contributed by atoms with Crippen LogP contribution in [0.3, 0.4) is 0 Å².